The molecule has 0 spiro atoms. The molecule has 0 aromatic carbocycles. The smallest absolute Gasteiger partial charge is 0.136 e. The van der Waals surface area contributed by atoms with Gasteiger partial charge >= 0.3 is 0 Å². The molecule has 4 aliphatic carbocycles. The molecule has 0 aromatic heterocycles. The van der Waals surface area contributed by atoms with Crippen LogP contribution in [0.4, 0.5) is 0 Å². The summed E-state index contributed by atoms with van der Waals surface area (Å²) in [6.45, 7) is 4.61. The molecule has 4 aliphatic rings. The van der Waals surface area contributed by atoms with Crippen molar-refractivity contribution in [3.8, 4) is 0 Å². The maximum Gasteiger partial charge on any atom is 0.136 e. The zero-order valence-corrected chi connectivity index (χ0v) is 13.8. The van der Waals surface area contributed by atoms with Crippen LogP contribution < -0.4 is 0 Å². The van der Waals surface area contributed by atoms with Gasteiger partial charge < -0.3 is 5.11 Å². The first-order chi connectivity index (χ1) is 10.3. The number of Topliss-reactive ketones (excluding diaryl/α,β-unsaturated/α-hetero) is 2. The van der Waals surface area contributed by atoms with Gasteiger partial charge in [-0.15, -0.1) is 0 Å². The summed E-state index contributed by atoms with van der Waals surface area (Å²) in [5.41, 5.74) is 0.274. The summed E-state index contributed by atoms with van der Waals surface area (Å²) in [6, 6.07) is 0. The lowest BCUT2D eigenvalue weighted by Gasteiger charge is -2.59. The molecule has 0 amide bonds. The zero-order valence-electron chi connectivity index (χ0n) is 13.8. The monoisotopic (exact) mass is 304 g/mol. The van der Waals surface area contributed by atoms with Crippen LogP contribution in [0.5, 0.6) is 0 Å². The van der Waals surface area contributed by atoms with E-state index in [0.29, 0.717) is 42.7 Å². The van der Waals surface area contributed by atoms with Gasteiger partial charge in [0.15, 0.2) is 0 Å². The van der Waals surface area contributed by atoms with Gasteiger partial charge in [0.1, 0.15) is 11.6 Å². The van der Waals surface area contributed by atoms with Gasteiger partial charge in [0.05, 0.1) is 6.10 Å². The van der Waals surface area contributed by atoms with Crippen LogP contribution in [0, 0.1) is 34.5 Å². The van der Waals surface area contributed by atoms with Gasteiger partial charge in [0.2, 0.25) is 0 Å². The Bertz CT molecular complexity index is 527. The van der Waals surface area contributed by atoms with E-state index in [1.165, 1.54) is 0 Å². The number of rotatable bonds is 0. The van der Waals surface area contributed by atoms with Gasteiger partial charge in [-0.1, -0.05) is 13.8 Å². The fourth-order valence-electron chi connectivity index (χ4n) is 6.69. The number of ketones is 2. The van der Waals surface area contributed by atoms with E-state index in [-0.39, 0.29) is 28.8 Å². The van der Waals surface area contributed by atoms with Crippen LogP contribution in [-0.2, 0) is 9.59 Å². The first kappa shape index (κ1) is 14.9. The Balaban J connectivity index is 1.70. The molecule has 0 aromatic rings. The van der Waals surface area contributed by atoms with Crippen molar-refractivity contribution in [1.82, 2.24) is 0 Å². The molecule has 122 valence electrons. The third-order valence-electron chi connectivity index (χ3n) is 8.01. The zero-order chi connectivity index (χ0) is 15.7. The molecule has 7 atom stereocenters. The molecule has 0 aliphatic heterocycles. The number of aliphatic hydroxyl groups is 1. The van der Waals surface area contributed by atoms with Gasteiger partial charge in [-0.05, 0) is 60.7 Å². The van der Waals surface area contributed by atoms with Crippen molar-refractivity contribution < 1.29 is 14.7 Å². The highest BCUT2D eigenvalue weighted by Crippen LogP contribution is 2.64. The second-order valence-corrected chi connectivity index (χ2v) is 9.15. The molecule has 4 fully saturated rings. The molecule has 4 saturated carbocycles. The van der Waals surface area contributed by atoms with E-state index in [2.05, 4.69) is 13.8 Å². The first-order valence-corrected chi connectivity index (χ1v) is 9.06. The molecule has 0 saturated heterocycles. The van der Waals surface area contributed by atoms with Crippen molar-refractivity contribution in [3.05, 3.63) is 0 Å². The standard InChI is InChI=1S/C19H28O3/c1-18-5-4-14-17(15(18)9-13(21)10-18)16(22)8-11-7-12(20)3-6-19(11,14)2/h11-12,14-15,17,20H,3-10H2,1-2H3/t11?,12?,14-,15-,17+,18+,19-/m0/s1. The molecular weight excluding hydrogens is 276 g/mol. The molecule has 0 heterocycles. The normalized spacial score (nSPS) is 54.6. The number of hydrogen-bond donors (Lipinski definition) is 1. The number of carbonyl (C=O) groups is 2. The van der Waals surface area contributed by atoms with Crippen LogP contribution in [0.3, 0.4) is 0 Å². The van der Waals surface area contributed by atoms with Gasteiger partial charge in [0, 0.05) is 25.2 Å². The van der Waals surface area contributed by atoms with Crippen molar-refractivity contribution in [2.24, 2.45) is 34.5 Å². The fourth-order valence-corrected chi connectivity index (χ4v) is 6.69. The lowest BCUT2D eigenvalue weighted by molar-refractivity contribution is -0.158. The molecule has 0 bridgehead atoms. The lowest BCUT2D eigenvalue weighted by atomic mass is 9.45. The SMILES string of the molecule is C[C@]12CC[C@H]3[C@@H](C(=O)CC4CC(O)CC[C@@]43C)[C@@H]1CC(=O)C2. The minimum Gasteiger partial charge on any atom is -0.393 e. The number of fused-ring (bicyclic) bond motifs is 5. The molecule has 1 N–H and O–H groups in total. The van der Waals surface area contributed by atoms with Crippen LogP contribution in [0.15, 0.2) is 0 Å². The minimum atomic E-state index is -0.218. The Morgan fingerprint density at radius 2 is 1.82 bits per heavy atom. The Morgan fingerprint density at radius 1 is 1.05 bits per heavy atom. The highest BCUT2D eigenvalue weighted by atomic mass is 16.3. The second-order valence-electron chi connectivity index (χ2n) is 9.15. The summed E-state index contributed by atoms with van der Waals surface area (Å²) in [7, 11) is 0. The van der Waals surface area contributed by atoms with Crippen LogP contribution in [0.1, 0.15) is 65.2 Å². The molecule has 4 rings (SSSR count). The molecular formula is C19H28O3. The third-order valence-corrected chi connectivity index (χ3v) is 8.01. The third kappa shape index (κ3) is 1.90. The molecule has 22 heavy (non-hydrogen) atoms. The van der Waals surface area contributed by atoms with Crippen LogP contribution >= 0.6 is 0 Å². The quantitative estimate of drug-likeness (QED) is 0.748. The predicted molar refractivity (Wildman–Crippen MR) is 83.1 cm³/mol. The van der Waals surface area contributed by atoms with E-state index in [4.69, 9.17) is 0 Å². The summed E-state index contributed by atoms with van der Waals surface area (Å²) in [4.78, 5) is 25.0. The maximum atomic E-state index is 12.9. The number of aliphatic hydroxyl groups excluding tert-OH is 1. The van der Waals surface area contributed by atoms with Crippen LogP contribution in [0.2, 0.25) is 0 Å². The summed E-state index contributed by atoms with van der Waals surface area (Å²) >= 11 is 0. The molecule has 3 nitrogen and oxygen atoms in total. The Morgan fingerprint density at radius 3 is 2.59 bits per heavy atom. The Hall–Kier alpha value is -0.700. The van der Waals surface area contributed by atoms with Crippen molar-refractivity contribution >= 4 is 11.6 Å². The topological polar surface area (TPSA) is 54.4 Å². The summed E-state index contributed by atoms with van der Waals surface area (Å²) in [5, 5.41) is 10.0. The highest BCUT2D eigenvalue weighted by molar-refractivity contribution is 5.87. The molecule has 3 heteroatoms. The predicted octanol–water partition coefficient (Wildman–Crippen LogP) is 3.14. The summed E-state index contributed by atoms with van der Waals surface area (Å²) < 4.78 is 0. The summed E-state index contributed by atoms with van der Waals surface area (Å²) in [6.07, 6.45) is 6.66. The van der Waals surface area contributed by atoms with E-state index in [9.17, 15) is 14.7 Å². The molecule has 2 unspecified atom stereocenters. The fraction of sp³-hybridized carbons (Fsp3) is 0.895. The number of hydrogen-bond acceptors (Lipinski definition) is 3. The van der Waals surface area contributed by atoms with Gasteiger partial charge in [-0.2, -0.15) is 0 Å². The molecule has 0 radical (unpaired) electrons. The van der Waals surface area contributed by atoms with E-state index in [1.54, 1.807) is 0 Å². The van der Waals surface area contributed by atoms with E-state index in [1.807, 2.05) is 0 Å². The lowest BCUT2D eigenvalue weighted by Crippen LogP contribution is -2.56. The van der Waals surface area contributed by atoms with Gasteiger partial charge in [0.25, 0.3) is 0 Å². The minimum absolute atomic E-state index is 0.0747. The van der Waals surface area contributed by atoms with Crippen LogP contribution in [0.25, 0.3) is 0 Å². The van der Waals surface area contributed by atoms with Gasteiger partial charge in [-0.25, -0.2) is 0 Å². The maximum absolute atomic E-state index is 12.9. The Labute approximate surface area is 132 Å². The van der Waals surface area contributed by atoms with E-state index >= 15 is 0 Å². The average molecular weight is 304 g/mol. The van der Waals surface area contributed by atoms with Crippen molar-refractivity contribution in [1.29, 1.82) is 0 Å². The largest absolute Gasteiger partial charge is 0.393 e. The van der Waals surface area contributed by atoms with Crippen molar-refractivity contribution in [3.63, 3.8) is 0 Å². The van der Waals surface area contributed by atoms with Crippen molar-refractivity contribution in [2.75, 3.05) is 0 Å². The highest BCUT2D eigenvalue weighted by Gasteiger charge is 2.61. The number of carbonyl (C=O) groups excluding carboxylic acids is 2. The van der Waals surface area contributed by atoms with Crippen molar-refractivity contribution in [2.45, 2.75) is 71.3 Å². The second kappa shape index (κ2) is 4.66. The first-order valence-electron chi connectivity index (χ1n) is 9.06. The van der Waals surface area contributed by atoms with E-state index < -0.39 is 0 Å². The van der Waals surface area contributed by atoms with E-state index in [0.717, 1.165) is 32.1 Å². The van der Waals surface area contributed by atoms with Crippen LogP contribution in [-0.4, -0.2) is 22.8 Å². The van der Waals surface area contributed by atoms with Gasteiger partial charge in [-0.3, -0.25) is 9.59 Å². The average Bonchev–Trinajstić information content (AvgIpc) is 2.75. The Kier molecular flexibility index (Phi) is 3.15. The summed E-state index contributed by atoms with van der Waals surface area (Å²) in [5.74, 6) is 1.96.